The molecule has 1 heterocycles. The number of hydrogen-bond donors (Lipinski definition) is 1. The molecule has 0 radical (unpaired) electrons. The van der Waals surface area contributed by atoms with Crippen molar-refractivity contribution in [2.45, 2.75) is 18.7 Å². The lowest BCUT2D eigenvalue weighted by Gasteiger charge is -2.16. The van der Waals surface area contributed by atoms with Crippen LogP contribution in [0.5, 0.6) is 0 Å². The van der Waals surface area contributed by atoms with Gasteiger partial charge in [-0.25, -0.2) is 13.2 Å². The first-order chi connectivity index (χ1) is 10.4. The molecule has 0 saturated carbocycles. The highest BCUT2D eigenvalue weighted by Gasteiger charge is 2.27. The minimum atomic E-state index is -3.81. The average molecular weight is 324 g/mol. The predicted molar refractivity (Wildman–Crippen MR) is 78.2 cm³/mol. The van der Waals surface area contributed by atoms with E-state index >= 15 is 0 Å². The number of aromatic nitrogens is 1. The quantitative estimate of drug-likeness (QED) is 0.805. The summed E-state index contributed by atoms with van der Waals surface area (Å²) in [5, 5.41) is 3.63. The van der Waals surface area contributed by atoms with Crippen molar-refractivity contribution in [2.24, 2.45) is 0 Å². The van der Waals surface area contributed by atoms with Gasteiger partial charge < -0.3 is 9.26 Å². The molecule has 0 aliphatic rings. The fraction of sp³-hybridized carbons (Fsp3) is 0.286. The lowest BCUT2D eigenvalue weighted by Crippen LogP contribution is -2.35. The molecule has 0 aliphatic heterocycles. The number of methoxy groups -OCH3 is 1. The van der Waals surface area contributed by atoms with E-state index in [0.717, 1.165) is 0 Å². The molecule has 22 heavy (non-hydrogen) atoms. The third-order valence-corrected chi connectivity index (χ3v) is 4.14. The summed E-state index contributed by atoms with van der Waals surface area (Å²) in [6, 6.07) is 8.88. The van der Waals surface area contributed by atoms with Gasteiger partial charge in [0.2, 0.25) is 10.0 Å². The summed E-state index contributed by atoms with van der Waals surface area (Å²) in [6.07, 6.45) is 0. The first-order valence-corrected chi connectivity index (χ1v) is 8.11. The SMILES string of the molecule is COC(=O)[C@H](NS(=O)(=O)Cc1cc(C)no1)c1ccccc1. The van der Waals surface area contributed by atoms with Crippen LogP contribution in [0.2, 0.25) is 0 Å². The van der Waals surface area contributed by atoms with E-state index in [1.165, 1.54) is 13.2 Å². The Kier molecular flexibility index (Phi) is 4.94. The number of hydrogen-bond acceptors (Lipinski definition) is 6. The number of ether oxygens (including phenoxy) is 1. The van der Waals surface area contributed by atoms with Crippen molar-refractivity contribution in [1.29, 1.82) is 0 Å². The third-order valence-electron chi connectivity index (χ3n) is 2.88. The number of rotatable bonds is 6. The van der Waals surface area contributed by atoms with Crippen LogP contribution in [0.3, 0.4) is 0 Å². The number of nitrogens with one attached hydrogen (secondary N) is 1. The number of benzene rings is 1. The maximum Gasteiger partial charge on any atom is 0.328 e. The van der Waals surface area contributed by atoms with Crippen LogP contribution in [0.4, 0.5) is 0 Å². The van der Waals surface area contributed by atoms with Crippen LogP contribution in [0.1, 0.15) is 23.1 Å². The van der Waals surface area contributed by atoms with Crippen LogP contribution >= 0.6 is 0 Å². The van der Waals surface area contributed by atoms with Crippen molar-refractivity contribution in [1.82, 2.24) is 9.88 Å². The first kappa shape index (κ1) is 16.2. The second kappa shape index (κ2) is 6.71. The van der Waals surface area contributed by atoms with Crippen molar-refractivity contribution in [3.05, 3.63) is 53.4 Å². The standard InChI is InChI=1S/C14H16N2O5S/c1-10-8-12(21-15-10)9-22(18,19)16-13(14(17)20-2)11-6-4-3-5-7-11/h3-8,13,16H,9H2,1-2H3/t13-/m1/s1. The molecule has 1 atom stereocenters. The zero-order chi connectivity index (χ0) is 16.2. The van der Waals surface area contributed by atoms with Crippen LogP contribution in [0.15, 0.2) is 40.9 Å². The lowest BCUT2D eigenvalue weighted by molar-refractivity contribution is -0.142. The van der Waals surface area contributed by atoms with Crippen LogP contribution in [-0.2, 0) is 25.3 Å². The summed E-state index contributed by atoms with van der Waals surface area (Å²) in [7, 11) is -2.61. The Labute approximate surface area is 128 Å². The first-order valence-electron chi connectivity index (χ1n) is 6.46. The molecule has 8 heteroatoms. The van der Waals surface area contributed by atoms with Crippen LogP contribution in [0, 0.1) is 6.92 Å². The second-order valence-electron chi connectivity index (χ2n) is 4.68. The summed E-state index contributed by atoms with van der Waals surface area (Å²) in [4.78, 5) is 11.9. The number of esters is 1. The third kappa shape index (κ3) is 4.15. The van der Waals surface area contributed by atoms with Gasteiger partial charge in [0.15, 0.2) is 5.76 Å². The number of sulfonamides is 1. The van der Waals surface area contributed by atoms with E-state index < -0.39 is 27.8 Å². The number of carbonyl (C=O) groups excluding carboxylic acids is 1. The molecule has 1 aromatic carbocycles. The maximum absolute atomic E-state index is 12.2. The van der Waals surface area contributed by atoms with E-state index in [1.807, 2.05) is 0 Å². The van der Waals surface area contributed by atoms with Gasteiger partial charge >= 0.3 is 5.97 Å². The number of nitrogens with zero attached hydrogens (tertiary/aromatic N) is 1. The molecule has 0 aliphatic carbocycles. The van der Waals surface area contributed by atoms with Gasteiger partial charge in [-0.05, 0) is 12.5 Å². The fourth-order valence-corrected chi connectivity index (χ4v) is 3.09. The van der Waals surface area contributed by atoms with Crippen LogP contribution in [0.25, 0.3) is 0 Å². The second-order valence-corrected chi connectivity index (χ2v) is 6.43. The van der Waals surface area contributed by atoms with Gasteiger partial charge in [0.25, 0.3) is 0 Å². The minimum Gasteiger partial charge on any atom is -0.468 e. The highest BCUT2D eigenvalue weighted by molar-refractivity contribution is 7.88. The summed E-state index contributed by atoms with van der Waals surface area (Å²) in [5.74, 6) is -0.904. The average Bonchev–Trinajstić information content (AvgIpc) is 2.89. The molecule has 0 unspecified atom stereocenters. The van der Waals surface area contributed by atoms with E-state index in [2.05, 4.69) is 14.6 Å². The monoisotopic (exact) mass is 324 g/mol. The summed E-state index contributed by atoms with van der Waals surface area (Å²) in [5.41, 5.74) is 1.07. The van der Waals surface area contributed by atoms with Gasteiger partial charge in [0.1, 0.15) is 11.8 Å². The predicted octanol–water partition coefficient (Wildman–Crippen LogP) is 1.32. The zero-order valence-electron chi connectivity index (χ0n) is 12.1. The molecule has 0 fully saturated rings. The van der Waals surface area contributed by atoms with Crippen molar-refractivity contribution in [3.8, 4) is 0 Å². The van der Waals surface area contributed by atoms with E-state index in [4.69, 9.17) is 4.52 Å². The molecule has 2 rings (SSSR count). The zero-order valence-corrected chi connectivity index (χ0v) is 13.0. The Balaban J connectivity index is 2.21. The Hall–Kier alpha value is -2.19. The molecule has 1 aromatic heterocycles. The molecular weight excluding hydrogens is 308 g/mol. The van der Waals surface area contributed by atoms with Crippen LogP contribution < -0.4 is 4.72 Å². The van der Waals surface area contributed by atoms with Gasteiger partial charge in [0, 0.05) is 6.07 Å². The van der Waals surface area contributed by atoms with Crippen molar-refractivity contribution < 1.29 is 22.5 Å². The fourth-order valence-electron chi connectivity index (χ4n) is 1.91. The van der Waals surface area contributed by atoms with Crippen LogP contribution in [-0.4, -0.2) is 26.7 Å². The Morgan fingerprint density at radius 1 is 1.36 bits per heavy atom. The normalized spacial score (nSPS) is 12.8. The van der Waals surface area contributed by atoms with E-state index in [9.17, 15) is 13.2 Å². The smallest absolute Gasteiger partial charge is 0.328 e. The van der Waals surface area contributed by atoms with Gasteiger partial charge in [-0.3, -0.25) is 0 Å². The number of carbonyl (C=O) groups is 1. The number of aryl methyl sites for hydroxylation is 1. The minimum absolute atomic E-state index is 0.196. The molecule has 0 bridgehead atoms. The molecule has 0 amide bonds. The van der Waals surface area contributed by atoms with E-state index in [0.29, 0.717) is 11.3 Å². The van der Waals surface area contributed by atoms with E-state index in [-0.39, 0.29) is 5.76 Å². The highest BCUT2D eigenvalue weighted by Crippen LogP contribution is 2.17. The summed E-state index contributed by atoms with van der Waals surface area (Å²) >= 11 is 0. The van der Waals surface area contributed by atoms with Gasteiger partial charge in [-0.15, -0.1) is 0 Å². The highest BCUT2D eigenvalue weighted by atomic mass is 32.2. The maximum atomic E-state index is 12.2. The largest absolute Gasteiger partial charge is 0.468 e. The lowest BCUT2D eigenvalue weighted by atomic mass is 10.1. The molecule has 0 spiro atoms. The Morgan fingerprint density at radius 3 is 2.59 bits per heavy atom. The Bertz CT molecular complexity index is 740. The molecule has 2 aromatic rings. The summed E-state index contributed by atoms with van der Waals surface area (Å²) in [6.45, 7) is 1.69. The molecule has 0 saturated heterocycles. The summed E-state index contributed by atoms with van der Waals surface area (Å²) < 4.78 is 36.3. The van der Waals surface area contributed by atoms with E-state index in [1.54, 1.807) is 37.3 Å². The molecule has 1 N–H and O–H groups in total. The van der Waals surface area contributed by atoms with Crippen molar-refractivity contribution in [3.63, 3.8) is 0 Å². The molecular formula is C14H16N2O5S. The molecule has 7 nitrogen and oxygen atoms in total. The van der Waals surface area contributed by atoms with Gasteiger partial charge in [-0.1, -0.05) is 35.5 Å². The van der Waals surface area contributed by atoms with Gasteiger partial charge in [-0.2, -0.15) is 4.72 Å². The topological polar surface area (TPSA) is 98.5 Å². The van der Waals surface area contributed by atoms with Gasteiger partial charge in [0.05, 0.1) is 12.8 Å². The molecule has 118 valence electrons. The van der Waals surface area contributed by atoms with Crippen molar-refractivity contribution >= 4 is 16.0 Å². The Morgan fingerprint density at radius 2 is 2.05 bits per heavy atom. The van der Waals surface area contributed by atoms with Crippen molar-refractivity contribution in [2.75, 3.05) is 7.11 Å².